The largest absolute Gasteiger partial charge is 0.271 e. The monoisotopic (exact) mass is 303 g/mol. The summed E-state index contributed by atoms with van der Waals surface area (Å²) in [5.74, 6) is -0.240. The Morgan fingerprint density at radius 2 is 1.78 bits per heavy atom. The summed E-state index contributed by atoms with van der Waals surface area (Å²) in [7, 11) is 0. The van der Waals surface area contributed by atoms with Crippen molar-refractivity contribution >= 4 is 22.4 Å². The van der Waals surface area contributed by atoms with Crippen LogP contribution >= 0.6 is 0 Å². The molecule has 1 amide bonds. The topological polar surface area (TPSA) is 54.4 Å². The molecule has 0 unspecified atom stereocenters. The zero-order valence-electron chi connectivity index (χ0n) is 13.1. The van der Waals surface area contributed by atoms with Crippen LogP contribution in [0.2, 0.25) is 0 Å². The minimum atomic E-state index is -0.240. The first-order chi connectivity index (χ1) is 11.1. The predicted octanol–water partition coefficient (Wildman–Crippen LogP) is 3.70. The van der Waals surface area contributed by atoms with Gasteiger partial charge in [0.25, 0.3) is 5.91 Å². The minimum Gasteiger partial charge on any atom is -0.267 e. The van der Waals surface area contributed by atoms with E-state index < -0.39 is 0 Å². The van der Waals surface area contributed by atoms with Gasteiger partial charge < -0.3 is 0 Å². The normalized spacial score (nSPS) is 11.5. The van der Waals surface area contributed by atoms with Crippen LogP contribution < -0.4 is 5.43 Å². The zero-order valence-corrected chi connectivity index (χ0v) is 13.1. The molecular formula is C19H17N3O. The van der Waals surface area contributed by atoms with Crippen molar-refractivity contribution in [3.05, 3.63) is 77.6 Å². The molecule has 0 spiro atoms. The zero-order chi connectivity index (χ0) is 16.2. The maximum atomic E-state index is 12.1. The molecule has 0 fully saturated rings. The third-order valence-corrected chi connectivity index (χ3v) is 3.65. The molecule has 0 aliphatic heterocycles. The second-order valence-electron chi connectivity index (χ2n) is 5.39. The summed E-state index contributed by atoms with van der Waals surface area (Å²) in [4.78, 5) is 16.2. The molecule has 0 saturated heterocycles. The number of pyridine rings is 1. The number of aryl methyl sites for hydroxylation is 1. The first-order valence-electron chi connectivity index (χ1n) is 7.40. The number of carbonyl (C=O) groups is 1. The Balaban J connectivity index is 1.79. The molecule has 1 heterocycles. The van der Waals surface area contributed by atoms with Crippen LogP contribution in [0.5, 0.6) is 0 Å². The molecule has 23 heavy (non-hydrogen) atoms. The maximum absolute atomic E-state index is 12.1. The van der Waals surface area contributed by atoms with E-state index in [-0.39, 0.29) is 5.91 Å². The van der Waals surface area contributed by atoms with Crippen LogP contribution in [-0.2, 0) is 0 Å². The van der Waals surface area contributed by atoms with Gasteiger partial charge in [0.05, 0.1) is 5.71 Å². The third kappa shape index (κ3) is 3.43. The third-order valence-electron chi connectivity index (χ3n) is 3.65. The van der Waals surface area contributed by atoms with E-state index in [1.807, 2.05) is 32.0 Å². The van der Waals surface area contributed by atoms with Crippen LogP contribution in [0.4, 0.5) is 0 Å². The maximum Gasteiger partial charge on any atom is 0.271 e. The summed E-state index contributed by atoms with van der Waals surface area (Å²) in [5.41, 5.74) is 5.68. The van der Waals surface area contributed by atoms with Gasteiger partial charge in [0.15, 0.2) is 0 Å². The van der Waals surface area contributed by atoms with Crippen molar-refractivity contribution in [2.45, 2.75) is 13.8 Å². The van der Waals surface area contributed by atoms with Gasteiger partial charge in [-0.1, -0.05) is 36.4 Å². The average molecular weight is 303 g/mol. The molecule has 0 aliphatic rings. The smallest absolute Gasteiger partial charge is 0.267 e. The van der Waals surface area contributed by atoms with Crippen LogP contribution in [0.15, 0.2) is 65.9 Å². The van der Waals surface area contributed by atoms with Crippen LogP contribution in [0.1, 0.15) is 28.5 Å². The van der Waals surface area contributed by atoms with Crippen LogP contribution in [-0.4, -0.2) is 16.6 Å². The number of nitrogens with zero attached hydrogens (tertiary/aromatic N) is 2. The summed E-state index contributed by atoms with van der Waals surface area (Å²) < 4.78 is 0. The van der Waals surface area contributed by atoms with Crippen molar-refractivity contribution in [1.82, 2.24) is 10.4 Å². The SMILES string of the molecule is C/C(=N\NC(=O)c1ccnc(C)c1)c1ccc2ccccc2c1. The van der Waals surface area contributed by atoms with Gasteiger partial charge in [0, 0.05) is 17.5 Å². The van der Waals surface area contributed by atoms with E-state index in [1.54, 1.807) is 18.3 Å². The minimum absolute atomic E-state index is 0.240. The van der Waals surface area contributed by atoms with Gasteiger partial charge >= 0.3 is 0 Å². The van der Waals surface area contributed by atoms with Crippen LogP contribution in [0.3, 0.4) is 0 Å². The predicted molar refractivity (Wildman–Crippen MR) is 92.6 cm³/mol. The second kappa shape index (κ2) is 6.40. The first kappa shape index (κ1) is 14.9. The van der Waals surface area contributed by atoms with Gasteiger partial charge in [0.1, 0.15) is 0 Å². The molecule has 0 aliphatic carbocycles. The summed E-state index contributed by atoms with van der Waals surface area (Å²) in [6.07, 6.45) is 1.62. The fourth-order valence-electron chi connectivity index (χ4n) is 2.36. The molecule has 0 bridgehead atoms. The molecule has 1 aromatic heterocycles. The molecule has 2 aromatic carbocycles. The lowest BCUT2D eigenvalue weighted by molar-refractivity contribution is 0.0954. The summed E-state index contributed by atoms with van der Waals surface area (Å²) >= 11 is 0. The van der Waals surface area contributed by atoms with Crippen LogP contribution in [0, 0.1) is 6.92 Å². The number of rotatable bonds is 3. The number of aromatic nitrogens is 1. The molecule has 3 aromatic rings. The Bertz CT molecular complexity index is 900. The fourth-order valence-corrected chi connectivity index (χ4v) is 2.36. The lowest BCUT2D eigenvalue weighted by Gasteiger charge is -2.05. The number of hydrogen-bond acceptors (Lipinski definition) is 3. The van der Waals surface area contributed by atoms with Crippen molar-refractivity contribution < 1.29 is 4.79 Å². The lowest BCUT2D eigenvalue weighted by atomic mass is 10.0. The number of amides is 1. The number of hydrogen-bond donors (Lipinski definition) is 1. The van der Waals surface area contributed by atoms with Crippen molar-refractivity contribution in [3.8, 4) is 0 Å². The van der Waals surface area contributed by atoms with Gasteiger partial charge in [-0.3, -0.25) is 9.78 Å². The van der Waals surface area contributed by atoms with Gasteiger partial charge in [0.2, 0.25) is 0 Å². The van der Waals surface area contributed by atoms with E-state index in [1.165, 1.54) is 5.39 Å². The van der Waals surface area contributed by atoms with Gasteiger partial charge in [-0.2, -0.15) is 5.10 Å². The highest BCUT2D eigenvalue weighted by Gasteiger charge is 2.05. The van der Waals surface area contributed by atoms with E-state index in [2.05, 4.69) is 39.8 Å². The number of fused-ring (bicyclic) bond motifs is 1. The summed E-state index contributed by atoms with van der Waals surface area (Å²) in [6.45, 7) is 3.72. The second-order valence-corrected chi connectivity index (χ2v) is 5.39. The highest BCUT2D eigenvalue weighted by molar-refractivity contribution is 6.03. The summed E-state index contributed by atoms with van der Waals surface area (Å²) in [6, 6.07) is 17.7. The van der Waals surface area contributed by atoms with E-state index in [4.69, 9.17) is 0 Å². The average Bonchev–Trinajstić information content (AvgIpc) is 2.59. The number of nitrogens with one attached hydrogen (secondary N) is 1. The van der Waals surface area contributed by atoms with Gasteiger partial charge in [-0.25, -0.2) is 5.43 Å². The molecule has 0 radical (unpaired) electrons. The molecule has 1 N–H and O–H groups in total. The van der Waals surface area contributed by atoms with Crippen LogP contribution in [0.25, 0.3) is 10.8 Å². The molecule has 114 valence electrons. The molecular weight excluding hydrogens is 286 g/mol. The number of benzene rings is 2. The van der Waals surface area contributed by atoms with E-state index in [9.17, 15) is 4.79 Å². The van der Waals surface area contributed by atoms with Crippen molar-refractivity contribution in [2.24, 2.45) is 5.10 Å². The van der Waals surface area contributed by atoms with Crippen molar-refractivity contribution in [2.75, 3.05) is 0 Å². The van der Waals surface area contributed by atoms with Gasteiger partial charge in [-0.05, 0) is 48.4 Å². The Morgan fingerprint density at radius 1 is 1.00 bits per heavy atom. The molecule has 4 heteroatoms. The molecule has 4 nitrogen and oxygen atoms in total. The lowest BCUT2D eigenvalue weighted by Crippen LogP contribution is -2.19. The molecule has 0 saturated carbocycles. The Labute approximate surface area is 134 Å². The highest BCUT2D eigenvalue weighted by Crippen LogP contribution is 2.16. The Kier molecular flexibility index (Phi) is 4.15. The first-order valence-corrected chi connectivity index (χ1v) is 7.40. The van der Waals surface area contributed by atoms with E-state index in [0.717, 1.165) is 22.4 Å². The quantitative estimate of drug-likeness (QED) is 0.592. The number of hydrazone groups is 1. The standard InChI is InChI=1S/C19H17N3O/c1-13-11-18(9-10-20-13)19(23)22-21-14(2)16-8-7-15-5-3-4-6-17(15)12-16/h3-12H,1-2H3,(H,22,23)/b21-14+. The van der Waals surface area contributed by atoms with E-state index >= 15 is 0 Å². The Hall–Kier alpha value is -3.01. The number of carbonyl (C=O) groups excluding carboxylic acids is 1. The summed E-state index contributed by atoms with van der Waals surface area (Å²) in [5, 5.41) is 6.53. The highest BCUT2D eigenvalue weighted by atomic mass is 16.2. The van der Waals surface area contributed by atoms with Gasteiger partial charge in [-0.15, -0.1) is 0 Å². The fraction of sp³-hybridized carbons (Fsp3) is 0.105. The Morgan fingerprint density at radius 3 is 2.57 bits per heavy atom. The molecule has 3 rings (SSSR count). The van der Waals surface area contributed by atoms with E-state index in [0.29, 0.717) is 5.56 Å². The molecule has 0 atom stereocenters. The van der Waals surface area contributed by atoms with Crippen molar-refractivity contribution in [3.63, 3.8) is 0 Å². The van der Waals surface area contributed by atoms with Crippen molar-refractivity contribution in [1.29, 1.82) is 0 Å².